The van der Waals surface area contributed by atoms with E-state index in [1.807, 2.05) is 0 Å². The fraction of sp³-hybridized carbons (Fsp3) is 0.905. The number of fused-ring (bicyclic) bond motifs is 10. The molecule has 0 nitrogen and oxygen atoms in total. The van der Waals surface area contributed by atoms with E-state index in [-0.39, 0.29) is 0 Å². The highest BCUT2D eigenvalue weighted by Gasteiger charge is 2.59. The van der Waals surface area contributed by atoms with Crippen LogP contribution in [-0.4, -0.2) is 15.7 Å². The van der Waals surface area contributed by atoms with E-state index in [1.54, 1.807) is 31.3 Å². The van der Waals surface area contributed by atoms with Crippen molar-refractivity contribution in [3.63, 3.8) is 0 Å². The summed E-state index contributed by atoms with van der Waals surface area (Å²) in [4.78, 5) is 0. The maximum atomic E-state index is 4.98. The molecule has 0 aromatic heterocycles. The molecule has 23 heavy (non-hydrogen) atoms. The molecule has 6 aliphatic rings. The summed E-state index contributed by atoms with van der Waals surface area (Å²) in [5.74, 6) is 8.35. The molecule has 0 amide bonds. The molecule has 5 fully saturated rings. The van der Waals surface area contributed by atoms with E-state index in [0.717, 1.165) is 63.1 Å². The molecule has 0 heterocycles. The summed E-state index contributed by atoms with van der Waals surface area (Å²) in [7, 11) is 0. The van der Waals surface area contributed by atoms with Crippen LogP contribution in [0, 0.1) is 47.3 Å². The van der Waals surface area contributed by atoms with E-state index >= 15 is 0 Å². The van der Waals surface area contributed by atoms with Gasteiger partial charge < -0.3 is 0 Å². The molecule has 0 N–H and O–H groups in total. The van der Waals surface area contributed by atoms with Gasteiger partial charge in [0.05, 0.1) is 0 Å². The van der Waals surface area contributed by atoms with Gasteiger partial charge in [-0.05, 0) is 99.2 Å². The van der Waals surface area contributed by atoms with E-state index < -0.39 is 0 Å². The number of thioether (sulfide) groups is 1. The van der Waals surface area contributed by atoms with Crippen molar-refractivity contribution in [3.05, 3.63) is 11.6 Å². The highest BCUT2D eigenvalue weighted by atomic mass is 32.2. The zero-order chi connectivity index (χ0) is 15.3. The Morgan fingerprint density at radius 3 is 2.61 bits per heavy atom. The predicted molar refractivity (Wildman–Crippen MR) is 102 cm³/mol. The average molecular weight is 347 g/mol. The quantitative estimate of drug-likeness (QED) is 0.513. The minimum atomic E-state index is 0.740. The molecule has 11 unspecified atom stereocenters. The van der Waals surface area contributed by atoms with E-state index in [0.29, 0.717) is 0 Å². The molecule has 6 aliphatic carbocycles. The van der Waals surface area contributed by atoms with Gasteiger partial charge in [-0.25, -0.2) is 0 Å². The van der Waals surface area contributed by atoms with Crippen molar-refractivity contribution in [2.24, 2.45) is 47.3 Å². The summed E-state index contributed by atoms with van der Waals surface area (Å²) in [6.45, 7) is 2.41. The van der Waals surface area contributed by atoms with Crippen LogP contribution in [0.1, 0.15) is 51.9 Å². The van der Waals surface area contributed by atoms with Crippen LogP contribution in [0.5, 0.6) is 0 Å². The van der Waals surface area contributed by atoms with Crippen molar-refractivity contribution in [2.45, 2.75) is 67.6 Å². The lowest BCUT2D eigenvalue weighted by Gasteiger charge is -2.38. The first-order chi connectivity index (χ1) is 11.2. The van der Waals surface area contributed by atoms with Crippen LogP contribution in [-0.2, 0) is 0 Å². The third-order valence-corrected chi connectivity index (χ3v) is 11.5. The summed E-state index contributed by atoms with van der Waals surface area (Å²) in [5, 5.41) is 2.76. The van der Waals surface area contributed by atoms with Gasteiger partial charge in [0.15, 0.2) is 0 Å². The summed E-state index contributed by atoms with van der Waals surface area (Å²) >= 11 is 7.46. The average Bonchev–Trinajstić information content (AvgIpc) is 3.29. The Morgan fingerprint density at radius 2 is 1.70 bits per heavy atom. The molecule has 6 rings (SSSR count). The fourth-order valence-electron chi connectivity index (χ4n) is 8.47. The summed E-state index contributed by atoms with van der Waals surface area (Å²) in [6.07, 6.45) is 13.1. The van der Waals surface area contributed by atoms with Gasteiger partial charge in [0.1, 0.15) is 0 Å². The summed E-state index contributed by atoms with van der Waals surface area (Å²) < 4.78 is 0. The van der Waals surface area contributed by atoms with E-state index in [1.165, 1.54) is 19.3 Å². The maximum absolute atomic E-state index is 4.98. The van der Waals surface area contributed by atoms with Gasteiger partial charge in [-0.1, -0.05) is 11.6 Å². The third kappa shape index (κ3) is 1.89. The van der Waals surface area contributed by atoms with Crippen molar-refractivity contribution in [1.82, 2.24) is 0 Å². The standard InChI is InChI=1S/C21H30S2/c1-10-2-3-14-15-7-12(20(10)14)9-18(15)23-19-8-11-6-16(19)21-13(11)4-5-17(21)22/h2,11-22H,3-9H2,1H3. The first kappa shape index (κ1) is 14.6. The van der Waals surface area contributed by atoms with Crippen LogP contribution in [0.15, 0.2) is 11.6 Å². The van der Waals surface area contributed by atoms with Crippen LogP contribution in [0.3, 0.4) is 0 Å². The van der Waals surface area contributed by atoms with Crippen LogP contribution in [0.2, 0.25) is 0 Å². The number of rotatable bonds is 2. The van der Waals surface area contributed by atoms with Crippen molar-refractivity contribution in [2.75, 3.05) is 0 Å². The molecule has 5 saturated carbocycles. The Bertz CT molecular complexity index is 554. The lowest BCUT2D eigenvalue weighted by molar-refractivity contribution is 0.264. The predicted octanol–water partition coefficient (Wildman–Crippen LogP) is 5.44. The molecule has 126 valence electrons. The minimum absolute atomic E-state index is 0.740. The summed E-state index contributed by atoms with van der Waals surface area (Å²) in [5.41, 5.74) is 1.75. The Labute approximate surface area is 151 Å². The van der Waals surface area contributed by atoms with Crippen molar-refractivity contribution in [1.29, 1.82) is 0 Å². The Kier molecular flexibility index (Phi) is 3.17. The Balaban J connectivity index is 1.17. The molecule has 0 radical (unpaired) electrons. The molecular formula is C21H30S2. The molecule has 0 aromatic carbocycles. The van der Waals surface area contributed by atoms with Gasteiger partial charge in [-0.15, -0.1) is 0 Å². The summed E-state index contributed by atoms with van der Waals surface area (Å²) in [6, 6.07) is 0. The number of allylic oxidation sites excluding steroid dienone is 2. The number of hydrogen-bond acceptors (Lipinski definition) is 2. The fourth-order valence-corrected chi connectivity index (χ4v) is 11.2. The first-order valence-corrected chi connectivity index (χ1v) is 11.7. The Morgan fingerprint density at radius 1 is 0.913 bits per heavy atom. The SMILES string of the molecule is CC1=CCC2C3CC(CC3SC3CC4CC3C3C(S)CCC43)C12. The zero-order valence-electron chi connectivity index (χ0n) is 14.2. The highest BCUT2D eigenvalue weighted by Crippen LogP contribution is 2.66. The van der Waals surface area contributed by atoms with Crippen LogP contribution < -0.4 is 0 Å². The largest absolute Gasteiger partial charge is 0.176 e. The Hall–Kier alpha value is 0.440. The second-order valence-electron chi connectivity index (χ2n) is 9.76. The molecule has 0 saturated heterocycles. The van der Waals surface area contributed by atoms with Crippen molar-refractivity contribution >= 4 is 24.4 Å². The lowest BCUT2D eigenvalue weighted by atomic mass is 9.79. The normalized spacial score (nSPS) is 62.0. The highest BCUT2D eigenvalue weighted by molar-refractivity contribution is 8.00. The zero-order valence-corrected chi connectivity index (χ0v) is 15.9. The minimum Gasteiger partial charge on any atom is -0.176 e. The van der Waals surface area contributed by atoms with Crippen LogP contribution in [0.25, 0.3) is 0 Å². The molecule has 0 aromatic rings. The maximum Gasteiger partial charge on any atom is 0.00842 e. The molecule has 2 heteroatoms. The van der Waals surface area contributed by atoms with Gasteiger partial charge in [0, 0.05) is 15.7 Å². The molecule has 0 aliphatic heterocycles. The molecule has 4 bridgehead atoms. The second kappa shape index (κ2) is 5.00. The van der Waals surface area contributed by atoms with E-state index in [2.05, 4.69) is 24.8 Å². The topological polar surface area (TPSA) is 0 Å². The lowest BCUT2D eigenvalue weighted by Crippen LogP contribution is -2.34. The number of hydrogen-bond donors (Lipinski definition) is 1. The third-order valence-electron chi connectivity index (χ3n) is 9.12. The van der Waals surface area contributed by atoms with Gasteiger partial charge in [-0.3, -0.25) is 0 Å². The monoisotopic (exact) mass is 346 g/mol. The van der Waals surface area contributed by atoms with Crippen LogP contribution >= 0.6 is 24.4 Å². The van der Waals surface area contributed by atoms with Gasteiger partial charge >= 0.3 is 0 Å². The second-order valence-corrected chi connectivity index (χ2v) is 11.9. The first-order valence-electron chi connectivity index (χ1n) is 10.2. The number of thiol groups is 1. The van der Waals surface area contributed by atoms with Crippen molar-refractivity contribution < 1.29 is 0 Å². The van der Waals surface area contributed by atoms with Crippen molar-refractivity contribution in [3.8, 4) is 0 Å². The smallest absolute Gasteiger partial charge is 0.00842 e. The molecule has 0 spiro atoms. The van der Waals surface area contributed by atoms with Crippen LogP contribution in [0.4, 0.5) is 0 Å². The molecule has 11 atom stereocenters. The molecular weight excluding hydrogens is 316 g/mol. The van der Waals surface area contributed by atoms with E-state index in [4.69, 9.17) is 12.6 Å². The van der Waals surface area contributed by atoms with Gasteiger partial charge in [0.2, 0.25) is 0 Å². The van der Waals surface area contributed by atoms with E-state index in [9.17, 15) is 0 Å². The van der Waals surface area contributed by atoms with Gasteiger partial charge in [-0.2, -0.15) is 24.4 Å². The van der Waals surface area contributed by atoms with Gasteiger partial charge in [0.25, 0.3) is 0 Å².